The minimum absolute atomic E-state index is 0.0450. The Balaban J connectivity index is 1.28. The monoisotopic (exact) mass is 429 g/mol. The highest BCUT2D eigenvalue weighted by Crippen LogP contribution is 2.33. The molecule has 3 N–H and O–H groups in total. The standard InChI is InChI=1S/C22H31N5O2S/c1-13(2)19(21-23-14-8-4-5-9-16(14)27(21)3)25-18(28)11-7-6-10-17-20-15(12-30-17)24-22(29)26-20/h4-5,8-9,13,15,17,19-20H,6-7,10-12H2,1-3H3,(H,25,28)(H2,24,26,29)/t15-,17-,19-,20-/m0/s1. The Kier molecular flexibility index (Phi) is 6.22. The zero-order valence-electron chi connectivity index (χ0n) is 17.9. The van der Waals surface area contributed by atoms with Gasteiger partial charge in [0.1, 0.15) is 5.82 Å². The molecule has 0 aliphatic carbocycles. The third kappa shape index (κ3) is 4.29. The van der Waals surface area contributed by atoms with Crippen LogP contribution in [0.4, 0.5) is 4.79 Å². The van der Waals surface area contributed by atoms with Crippen molar-refractivity contribution >= 4 is 34.7 Å². The summed E-state index contributed by atoms with van der Waals surface area (Å²) in [6.45, 7) is 4.23. The molecular formula is C22H31N5O2S. The van der Waals surface area contributed by atoms with Gasteiger partial charge in [0, 0.05) is 24.5 Å². The van der Waals surface area contributed by atoms with Gasteiger partial charge in [0.25, 0.3) is 0 Å². The summed E-state index contributed by atoms with van der Waals surface area (Å²) in [6, 6.07) is 8.40. The van der Waals surface area contributed by atoms with Crippen LogP contribution < -0.4 is 16.0 Å². The normalized spacial score (nSPS) is 24.0. The summed E-state index contributed by atoms with van der Waals surface area (Å²) in [6.07, 6.45) is 3.39. The number of aryl methyl sites for hydroxylation is 1. The highest BCUT2D eigenvalue weighted by molar-refractivity contribution is 8.00. The predicted octanol–water partition coefficient (Wildman–Crippen LogP) is 3.11. The van der Waals surface area contributed by atoms with Crippen molar-refractivity contribution in [3.63, 3.8) is 0 Å². The zero-order chi connectivity index (χ0) is 21.3. The van der Waals surface area contributed by atoms with Crippen molar-refractivity contribution in [3.05, 3.63) is 30.1 Å². The lowest BCUT2D eigenvalue weighted by Gasteiger charge is -2.22. The largest absolute Gasteiger partial charge is 0.346 e. The summed E-state index contributed by atoms with van der Waals surface area (Å²) in [7, 11) is 2.01. The molecule has 2 fully saturated rings. The maximum atomic E-state index is 12.7. The van der Waals surface area contributed by atoms with Gasteiger partial charge in [0.2, 0.25) is 5.91 Å². The van der Waals surface area contributed by atoms with Gasteiger partial charge in [-0.1, -0.05) is 32.4 Å². The molecule has 2 saturated heterocycles. The van der Waals surface area contributed by atoms with Crippen molar-refractivity contribution in [3.8, 4) is 0 Å². The van der Waals surface area contributed by atoms with E-state index in [0.29, 0.717) is 11.7 Å². The first-order valence-electron chi connectivity index (χ1n) is 10.8. The van der Waals surface area contributed by atoms with E-state index in [1.165, 1.54) is 0 Å². The van der Waals surface area contributed by atoms with Crippen LogP contribution in [-0.2, 0) is 11.8 Å². The van der Waals surface area contributed by atoms with Gasteiger partial charge >= 0.3 is 6.03 Å². The average Bonchev–Trinajstić information content (AvgIpc) is 3.36. The number of fused-ring (bicyclic) bond motifs is 2. The van der Waals surface area contributed by atoms with Crippen LogP contribution in [0.2, 0.25) is 0 Å². The minimum Gasteiger partial charge on any atom is -0.346 e. The summed E-state index contributed by atoms with van der Waals surface area (Å²) < 4.78 is 2.08. The number of nitrogens with one attached hydrogen (secondary N) is 3. The Morgan fingerprint density at radius 3 is 2.87 bits per heavy atom. The fourth-order valence-corrected chi connectivity index (χ4v) is 6.03. The van der Waals surface area contributed by atoms with Crippen molar-refractivity contribution in [1.29, 1.82) is 0 Å². The number of carbonyl (C=O) groups excluding carboxylic acids is 2. The molecule has 7 nitrogen and oxygen atoms in total. The van der Waals surface area contributed by atoms with Gasteiger partial charge in [0.15, 0.2) is 0 Å². The van der Waals surface area contributed by atoms with Crippen LogP contribution >= 0.6 is 11.8 Å². The smallest absolute Gasteiger partial charge is 0.315 e. The molecule has 3 amide bonds. The maximum absolute atomic E-state index is 12.7. The molecule has 0 bridgehead atoms. The fourth-order valence-electron chi connectivity index (χ4n) is 4.49. The molecule has 0 unspecified atom stereocenters. The highest BCUT2D eigenvalue weighted by Gasteiger charge is 2.42. The van der Waals surface area contributed by atoms with Gasteiger partial charge in [-0.05, 0) is 30.9 Å². The van der Waals surface area contributed by atoms with Crippen molar-refractivity contribution in [1.82, 2.24) is 25.5 Å². The first-order valence-corrected chi connectivity index (χ1v) is 11.9. The second-order valence-corrected chi connectivity index (χ2v) is 9.95. The predicted molar refractivity (Wildman–Crippen MR) is 120 cm³/mol. The molecule has 4 atom stereocenters. The molecular weight excluding hydrogens is 398 g/mol. The third-order valence-electron chi connectivity index (χ3n) is 6.16. The van der Waals surface area contributed by atoms with Gasteiger partial charge in [-0.3, -0.25) is 4.79 Å². The van der Waals surface area contributed by atoms with E-state index in [9.17, 15) is 9.59 Å². The van der Waals surface area contributed by atoms with E-state index in [-0.39, 0.29) is 36.0 Å². The number of thioether (sulfide) groups is 1. The van der Waals surface area contributed by atoms with E-state index in [1.54, 1.807) is 0 Å². The number of unbranched alkanes of at least 4 members (excludes halogenated alkanes) is 1. The zero-order valence-corrected chi connectivity index (χ0v) is 18.7. The number of aromatic nitrogens is 2. The molecule has 2 aliphatic heterocycles. The average molecular weight is 430 g/mol. The minimum atomic E-state index is -0.110. The van der Waals surface area contributed by atoms with Crippen LogP contribution in [0.25, 0.3) is 11.0 Å². The second kappa shape index (κ2) is 8.88. The van der Waals surface area contributed by atoms with Crippen molar-refractivity contribution in [2.24, 2.45) is 13.0 Å². The lowest BCUT2D eigenvalue weighted by molar-refractivity contribution is -0.122. The van der Waals surface area contributed by atoms with Crippen LogP contribution in [0.15, 0.2) is 24.3 Å². The van der Waals surface area contributed by atoms with Gasteiger partial charge in [0.05, 0.1) is 29.2 Å². The van der Waals surface area contributed by atoms with Crippen molar-refractivity contribution < 1.29 is 9.59 Å². The molecule has 162 valence electrons. The number of rotatable bonds is 8. The molecule has 2 aromatic rings. The van der Waals surface area contributed by atoms with E-state index in [0.717, 1.165) is 41.9 Å². The number of imidazole rings is 1. The number of para-hydroxylation sites is 2. The van der Waals surface area contributed by atoms with E-state index in [1.807, 2.05) is 37.0 Å². The summed E-state index contributed by atoms with van der Waals surface area (Å²) in [4.78, 5) is 28.9. The van der Waals surface area contributed by atoms with E-state index >= 15 is 0 Å². The first kappa shape index (κ1) is 21.0. The van der Waals surface area contributed by atoms with E-state index < -0.39 is 0 Å². The van der Waals surface area contributed by atoms with Gasteiger partial charge in [-0.25, -0.2) is 9.78 Å². The Morgan fingerprint density at radius 2 is 2.10 bits per heavy atom. The van der Waals surface area contributed by atoms with Crippen LogP contribution in [0.5, 0.6) is 0 Å². The molecule has 4 rings (SSSR count). The lowest BCUT2D eigenvalue weighted by atomic mass is 10.0. The van der Waals surface area contributed by atoms with Crippen LogP contribution in [0.1, 0.15) is 51.4 Å². The molecule has 0 spiro atoms. The maximum Gasteiger partial charge on any atom is 0.315 e. The Labute approximate surface area is 181 Å². The summed E-state index contributed by atoms with van der Waals surface area (Å²) >= 11 is 1.92. The molecule has 8 heteroatoms. The SMILES string of the molecule is CC(C)[C@H](NC(=O)CCCC[C@@H]1SC[C@@H]2NC(=O)N[C@@H]21)c1nc2ccccc2n1C. The molecule has 0 radical (unpaired) electrons. The molecule has 30 heavy (non-hydrogen) atoms. The number of hydrogen-bond acceptors (Lipinski definition) is 4. The number of urea groups is 1. The quantitative estimate of drug-likeness (QED) is 0.444. The molecule has 2 aliphatic rings. The fraction of sp³-hybridized carbons (Fsp3) is 0.591. The van der Waals surface area contributed by atoms with E-state index in [4.69, 9.17) is 4.98 Å². The second-order valence-electron chi connectivity index (χ2n) is 8.67. The van der Waals surface area contributed by atoms with Gasteiger partial charge < -0.3 is 20.5 Å². The van der Waals surface area contributed by atoms with Crippen molar-refractivity contribution in [2.45, 2.75) is 62.9 Å². The number of carbonyl (C=O) groups is 2. The number of amides is 3. The first-order chi connectivity index (χ1) is 14.4. The third-order valence-corrected chi connectivity index (χ3v) is 7.67. The highest BCUT2D eigenvalue weighted by atomic mass is 32.2. The van der Waals surface area contributed by atoms with Gasteiger partial charge in [-0.15, -0.1) is 0 Å². The summed E-state index contributed by atoms with van der Waals surface area (Å²) in [5.41, 5.74) is 2.03. The van der Waals surface area contributed by atoms with Crippen LogP contribution in [0.3, 0.4) is 0 Å². The van der Waals surface area contributed by atoms with Crippen molar-refractivity contribution in [2.75, 3.05) is 5.75 Å². The Hall–Kier alpha value is -2.22. The Morgan fingerprint density at radius 1 is 1.30 bits per heavy atom. The Bertz CT molecular complexity index is 927. The van der Waals surface area contributed by atoms with Crippen LogP contribution in [0, 0.1) is 5.92 Å². The number of hydrogen-bond donors (Lipinski definition) is 3. The summed E-state index contributed by atoms with van der Waals surface area (Å²) in [5.74, 6) is 2.20. The number of nitrogens with zero attached hydrogens (tertiary/aromatic N) is 2. The summed E-state index contributed by atoms with van der Waals surface area (Å²) in [5, 5.41) is 9.66. The topological polar surface area (TPSA) is 88.1 Å². The molecule has 3 heterocycles. The molecule has 1 aromatic heterocycles. The lowest BCUT2D eigenvalue weighted by Crippen LogP contribution is -2.36. The van der Waals surface area contributed by atoms with Crippen LogP contribution in [-0.4, -0.2) is 44.6 Å². The van der Waals surface area contributed by atoms with E-state index in [2.05, 4.69) is 40.4 Å². The number of benzene rings is 1. The van der Waals surface area contributed by atoms with Gasteiger partial charge in [-0.2, -0.15) is 11.8 Å². The molecule has 0 saturated carbocycles. The molecule has 1 aromatic carbocycles.